The van der Waals surface area contributed by atoms with Crippen LogP contribution in [-0.4, -0.2) is 76.8 Å². The SMILES string of the molecule is CN(C)C(=[Se])/N=C/N1CCOCC1. The van der Waals surface area contributed by atoms with Gasteiger partial charge in [0, 0.05) is 0 Å². The Morgan fingerprint density at radius 2 is 2.08 bits per heavy atom. The van der Waals surface area contributed by atoms with Gasteiger partial charge in [0.05, 0.1) is 0 Å². The first-order valence-corrected chi connectivity index (χ1v) is 5.13. The molecule has 0 atom stereocenters. The Labute approximate surface area is 86.9 Å². The summed E-state index contributed by atoms with van der Waals surface area (Å²) >= 11 is 2.90. The number of morpholine rings is 1. The molecule has 0 radical (unpaired) electrons. The number of hydrogen-bond acceptors (Lipinski definition) is 3. The van der Waals surface area contributed by atoms with Crippen LogP contribution < -0.4 is 0 Å². The summed E-state index contributed by atoms with van der Waals surface area (Å²) in [5, 5.41) is 0. The molecular weight excluding hydrogens is 233 g/mol. The zero-order chi connectivity index (χ0) is 9.68. The van der Waals surface area contributed by atoms with Gasteiger partial charge in [-0.25, -0.2) is 0 Å². The van der Waals surface area contributed by atoms with Crippen molar-refractivity contribution >= 4 is 26.6 Å². The van der Waals surface area contributed by atoms with Crippen LogP contribution in [-0.2, 0) is 4.74 Å². The normalized spacial score (nSPS) is 17.8. The van der Waals surface area contributed by atoms with Gasteiger partial charge in [0.1, 0.15) is 0 Å². The van der Waals surface area contributed by atoms with E-state index < -0.39 is 0 Å². The third-order valence-corrected chi connectivity index (χ3v) is 2.75. The Morgan fingerprint density at radius 1 is 1.46 bits per heavy atom. The van der Waals surface area contributed by atoms with Crippen LogP contribution in [0.3, 0.4) is 0 Å². The van der Waals surface area contributed by atoms with Crippen LogP contribution in [0.5, 0.6) is 0 Å². The number of nitrogens with zero attached hydrogens (tertiary/aromatic N) is 3. The van der Waals surface area contributed by atoms with Crippen molar-refractivity contribution in [3.8, 4) is 0 Å². The van der Waals surface area contributed by atoms with Crippen LogP contribution in [0.1, 0.15) is 0 Å². The van der Waals surface area contributed by atoms with Crippen LogP contribution >= 0.6 is 0 Å². The summed E-state index contributed by atoms with van der Waals surface area (Å²) in [5.41, 5.74) is 0. The van der Waals surface area contributed by atoms with Gasteiger partial charge in [-0.05, 0) is 0 Å². The van der Waals surface area contributed by atoms with E-state index >= 15 is 0 Å². The first kappa shape index (κ1) is 10.7. The van der Waals surface area contributed by atoms with E-state index in [0.717, 1.165) is 31.0 Å². The Hall–Kier alpha value is -0.381. The first-order chi connectivity index (χ1) is 6.20. The topological polar surface area (TPSA) is 28.1 Å². The summed E-state index contributed by atoms with van der Waals surface area (Å²) in [6.07, 6.45) is 1.87. The molecule has 4 nitrogen and oxygen atoms in total. The van der Waals surface area contributed by atoms with Gasteiger partial charge < -0.3 is 0 Å². The molecule has 1 rings (SSSR count). The molecule has 0 aromatic heterocycles. The van der Waals surface area contributed by atoms with Crippen molar-refractivity contribution < 1.29 is 4.74 Å². The first-order valence-electron chi connectivity index (χ1n) is 4.27. The van der Waals surface area contributed by atoms with Gasteiger partial charge in [0.25, 0.3) is 0 Å². The van der Waals surface area contributed by atoms with E-state index in [9.17, 15) is 0 Å². The van der Waals surface area contributed by atoms with E-state index in [0.29, 0.717) is 0 Å². The van der Waals surface area contributed by atoms with E-state index in [1.165, 1.54) is 0 Å². The van der Waals surface area contributed by atoms with Crippen molar-refractivity contribution in [2.24, 2.45) is 4.99 Å². The molecule has 0 saturated carbocycles. The van der Waals surface area contributed by atoms with Gasteiger partial charge >= 0.3 is 86.5 Å². The van der Waals surface area contributed by atoms with E-state index in [-0.39, 0.29) is 0 Å². The molecule has 0 aromatic rings. The number of ether oxygens (including phenoxy) is 1. The van der Waals surface area contributed by atoms with Crippen molar-refractivity contribution in [2.75, 3.05) is 40.4 Å². The third kappa shape index (κ3) is 3.89. The van der Waals surface area contributed by atoms with Crippen LogP contribution in [0.2, 0.25) is 0 Å². The molecule has 0 aromatic carbocycles. The van der Waals surface area contributed by atoms with E-state index in [1.807, 2.05) is 25.3 Å². The molecule has 0 spiro atoms. The summed E-state index contributed by atoms with van der Waals surface area (Å²) in [6.45, 7) is 3.47. The molecule has 1 aliphatic heterocycles. The third-order valence-electron chi connectivity index (χ3n) is 1.76. The fourth-order valence-electron chi connectivity index (χ4n) is 0.939. The standard InChI is InChI=1S/C8H15N3OSe/c1-10(2)8(13)9-7-11-3-5-12-6-4-11/h7H,3-6H2,1-2H3/b9-7+. The van der Waals surface area contributed by atoms with E-state index in [2.05, 4.69) is 25.5 Å². The molecule has 0 amide bonds. The Bertz CT molecular complexity index is 200. The van der Waals surface area contributed by atoms with Crippen molar-refractivity contribution in [3.05, 3.63) is 0 Å². The predicted octanol–water partition coefficient (Wildman–Crippen LogP) is -0.836. The summed E-state index contributed by atoms with van der Waals surface area (Å²) in [7, 11) is 3.92. The van der Waals surface area contributed by atoms with Crippen LogP contribution in [0.25, 0.3) is 0 Å². The van der Waals surface area contributed by atoms with E-state index in [4.69, 9.17) is 4.74 Å². The second kappa shape index (κ2) is 5.37. The van der Waals surface area contributed by atoms with Crippen LogP contribution in [0.15, 0.2) is 4.99 Å². The van der Waals surface area contributed by atoms with Gasteiger partial charge in [-0.1, -0.05) is 0 Å². The van der Waals surface area contributed by atoms with Gasteiger partial charge in [-0.2, -0.15) is 0 Å². The Kier molecular flexibility index (Phi) is 4.42. The summed E-state index contributed by atoms with van der Waals surface area (Å²) in [5.74, 6) is 0. The molecule has 1 heterocycles. The Balaban J connectivity index is 2.33. The average Bonchev–Trinajstić information content (AvgIpc) is 2.15. The maximum atomic E-state index is 5.23. The minimum absolute atomic E-state index is 0.802. The summed E-state index contributed by atoms with van der Waals surface area (Å²) < 4.78 is 6.12. The van der Waals surface area contributed by atoms with Gasteiger partial charge in [-0.15, -0.1) is 0 Å². The molecule has 5 heteroatoms. The number of hydrogen-bond donors (Lipinski definition) is 0. The number of aliphatic imine (C=N–C) groups is 1. The molecule has 0 N–H and O–H groups in total. The van der Waals surface area contributed by atoms with Crippen LogP contribution in [0, 0.1) is 0 Å². The monoisotopic (exact) mass is 249 g/mol. The Morgan fingerprint density at radius 3 is 2.62 bits per heavy atom. The molecule has 1 aliphatic rings. The van der Waals surface area contributed by atoms with Crippen molar-refractivity contribution in [1.82, 2.24) is 9.80 Å². The molecule has 0 unspecified atom stereocenters. The van der Waals surface area contributed by atoms with Crippen molar-refractivity contribution in [1.29, 1.82) is 0 Å². The zero-order valence-electron chi connectivity index (χ0n) is 8.06. The fraction of sp³-hybridized carbons (Fsp3) is 0.750. The van der Waals surface area contributed by atoms with Crippen LogP contribution in [0.4, 0.5) is 0 Å². The number of rotatable bonds is 3. The molecular formula is C8H15N3OSe. The van der Waals surface area contributed by atoms with E-state index in [1.54, 1.807) is 0 Å². The second-order valence-corrected chi connectivity index (χ2v) is 3.84. The quantitative estimate of drug-likeness (QED) is 0.370. The maximum absolute atomic E-state index is 5.23. The molecule has 74 valence electrons. The van der Waals surface area contributed by atoms with Crippen molar-refractivity contribution in [2.45, 2.75) is 0 Å². The molecule has 0 aliphatic carbocycles. The van der Waals surface area contributed by atoms with Gasteiger partial charge in [0.15, 0.2) is 0 Å². The summed E-state index contributed by atoms with van der Waals surface area (Å²) in [4.78, 5) is 8.38. The van der Waals surface area contributed by atoms with Crippen molar-refractivity contribution in [3.63, 3.8) is 0 Å². The second-order valence-electron chi connectivity index (χ2n) is 3.07. The molecule has 0 bridgehead atoms. The molecule has 1 saturated heterocycles. The molecule has 13 heavy (non-hydrogen) atoms. The zero-order valence-corrected chi connectivity index (χ0v) is 9.78. The minimum atomic E-state index is 0.802. The van der Waals surface area contributed by atoms with Gasteiger partial charge in [-0.3, -0.25) is 0 Å². The predicted molar refractivity (Wildman–Crippen MR) is 55.3 cm³/mol. The fourth-order valence-corrected chi connectivity index (χ4v) is 1.04. The average molecular weight is 248 g/mol. The summed E-state index contributed by atoms with van der Waals surface area (Å²) in [6, 6.07) is 0. The molecule has 1 fully saturated rings. The van der Waals surface area contributed by atoms with Gasteiger partial charge in [0.2, 0.25) is 0 Å².